The molecular formula is C31H67NO4S. The van der Waals surface area contributed by atoms with Crippen molar-refractivity contribution in [3.63, 3.8) is 0 Å². The van der Waals surface area contributed by atoms with E-state index in [4.69, 9.17) is 17.5 Å². The first-order chi connectivity index (χ1) is 17.7. The van der Waals surface area contributed by atoms with Crippen LogP contribution >= 0.6 is 0 Å². The van der Waals surface area contributed by atoms with E-state index in [1.807, 2.05) is 0 Å². The quantitative estimate of drug-likeness (QED) is 0.0442. The van der Waals surface area contributed by atoms with Crippen LogP contribution in [0.15, 0.2) is 0 Å². The van der Waals surface area contributed by atoms with Crippen LogP contribution in [0.1, 0.15) is 176 Å². The summed E-state index contributed by atoms with van der Waals surface area (Å²) in [4.78, 5) is 0. The van der Waals surface area contributed by atoms with Gasteiger partial charge in [-0.25, -0.2) is 0 Å². The van der Waals surface area contributed by atoms with Gasteiger partial charge in [-0.3, -0.25) is 8.42 Å². The molecule has 0 aliphatic carbocycles. The fraction of sp³-hybridized carbons (Fsp3) is 1.00. The molecule has 5 nitrogen and oxygen atoms in total. The van der Waals surface area contributed by atoms with Crippen molar-refractivity contribution in [2.45, 2.75) is 175 Å². The largest absolute Gasteiger partial charge is 1.00 e. The van der Waals surface area contributed by atoms with E-state index in [9.17, 15) is 0 Å². The second kappa shape index (κ2) is 28.8. The van der Waals surface area contributed by atoms with E-state index >= 15 is 0 Å². The van der Waals surface area contributed by atoms with Gasteiger partial charge in [-0.15, -0.1) is 0 Å². The first kappa shape index (κ1) is 39.0. The first-order valence-corrected chi connectivity index (χ1v) is 17.5. The third-order valence-electron chi connectivity index (χ3n) is 7.65. The minimum Gasteiger partial charge on any atom is -0.759 e. The van der Waals surface area contributed by atoms with Gasteiger partial charge in [0, 0.05) is 10.4 Å². The van der Waals surface area contributed by atoms with Crippen LogP contribution in [0.5, 0.6) is 0 Å². The molecular weight excluding hydrogens is 482 g/mol. The second-order valence-corrected chi connectivity index (χ2v) is 12.4. The van der Waals surface area contributed by atoms with Gasteiger partial charge < -0.3 is 13.6 Å². The van der Waals surface area contributed by atoms with Gasteiger partial charge in [0.25, 0.3) is 0 Å². The van der Waals surface area contributed by atoms with E-state index in [1.165, 1.54) is 178 Å². The molecule has 0 aliphatic rings. The Morgan fingerprint density at radius 1 is 0.432 bits per heavy atom. The highest BCUT2D eigenvalue weighted by molar-refractivity contribution is 7.79. The van der Waals surface area contributed by atoms with Crippen LogP contribution in [0.25, 0.3) is 0 Å². The third kappa shape index (κ3) is 38.0. The van der Waals surface area contributed by atoms with Gasteiger partial charge in [-0.2, -0.15) is 0 Å². The molecule has 0 bridgehead atoms. The van der Waals surface area contributed by atoms with Crippen LogP contribution in [0.3, 0.4) is 0 Å². The molecule has 0 rings (SSSR count). The second-order valence-electron chi connectivity index (χ2n) is 11.6. The van der Waals surface area contributed by atoms with Gasteiger partial charge in [0.1, 0.15) is 0 Å². The van der Waals surface area contributed by atoms with Crippen molar-refractivity contribution >= 4 is 10.4 Å². The summed E-state index contributed by atoms with van der Waals surface area (Å²) in [7, 11) is -2.58. The first-order valence-electron chi connectivity index (χ1n) is 16.2. The molecule has 0 heterocycles. The molecule has 226 valence electrons. The molecule has 37 heavy (non-hydrogen) atoms. The van der Waals surface area contributed by atoms with E-state index < -0.39 is 10.4 Å². The standard InChI is InChI=1S/C31H66N.H2O4S/c1-5-8-11-14-17-20-23-26-29-32(4,30-27-24-21-18-15-12-9-6-2)31-28-25-22-19-16-13-10-7-3;1-5(2,3)4/h5-31H2,1-4H3;(H2,1,2,3,4)/q+1;/p-1. The van der Waals surface area contributed by atoms with Crippen LogP contribution in [-0.2, 0) is 10.4 Å². The smallest absolute Gasteiger partial charge is 0.759 e. The Hall–Kier alpha value is -0.170. The Morgan fingerprint density at radius 2 is 0.595 bits per heavy atom. The molecule has 0 saturated heterocycles. The zero-order valence-corrected chi connectivity index (χ0v) is 26.4. The van der Waals surface area contributed by atoms with Crippen LogP contribution in [0, 0.1) is 0 Å². The molecule has 0 N–H and O–H groups in total. The lowest BCUT2D eigenvalue weighted by Gasteiger charge is -2.35. The molecule has 0 fully saturated rings. The monoisotopic (exact) mass is 549 g/mol. The Bertz CT molecular complexity index is 488. The van der Waals surface area contributed by atoms with E-state index in [0.29, 0.717) is 0 Å². The minimum atomic E-state index is -5.17. The Labute approximate surface area is 235 Å². The van der Waals surface area contributed by atoms with Gasteiger partial charge in [0.15, 0.2) is 0 Å². The zero-order chi connectivity index (χ0) is 28.1. The van der Waals surface area contributed by atoms with Crippen molar-refractivity contribution < 1.29 is 23.4 Å². The Morgan fingerprint density at radius 3 is 0.784 bits per heavy atom. The van der Waals surface area contributed by atoms with Gasteiger partial charge in [0.05, 0.1) is 26.7 Å². The number of rotatable bonds is 27. The molecule has 0 aliphatic heterocycles. The predicted octanol–water partition coefficient (Wildman–Crippen LogP) is 9.63. The fourth-order valence-corrected chi connectivity index (χ4v) is 5.22. The summed E-state index contributed by atoms with van der Waals surface area (Å²) in [6, 6.07) is 0. The SMILES string of the molecule is CCCCCCCCCC[N+](C)(CCCCCCCCCC)CCCCCCCCCC.O=S(=O)([O-])[O-].[H+]. The van der Waals surface area contributed by atoms with Crippen molar-refractivity contribution in [2.24, 2.45) is 0 Å². The summed E-state index contributed by atoms with van der Waals surface area (Å²) in [6.45, 7) is 11.2. The molecule has 0 spiro atoms. The zero-order valence-electron chi connectivity index (χ0n) is 26.6. The summed E-state index contributed by atoms with van der Waals surface area (Å²) >= 11 is 0. The number of hydrogen-bond acceptors (Lipinski definition) is 4. The van der Waals surface area contributed by atoms with E-state index in [-0.39, 0.29) is 1.43 Å². The van der Waals surface area contributed by atoms with Crippen LogP contribution < -0.4 is 0 Å². The number of nitrogens with zero attached hydrogens (tertiary/aromatic N) is 1. The lowest BCUT2D eigenvalue weighted by atomic mass is 10.1. The maximum Gasteiger partial charge on any atom is 1.00 e. The van der Waals surface area contributed by atoms with E-state index in [1.54, 1.807) is 0 Å². The number of unbranched alkanes of at least 4 members (excludes halogenated alkanes) is 21. The lowest BCUT2D eigenvalue weighted by molar-refractivity contribution is -0.910. The van der Waals surface area contributed by atoms with Crippen molar-refractivity contribution in [2.75, 3.05) is 26.7 Å². The van der Waals surface area contributed by atoms with Crippen molar-refractivity contribution in [1.29, 1.82) is 0 Å². The normalized spacial score (nSPS) is 11.9. The summed E-state index contributed by atoms with van der Waals surface area (Å²) in [5, 5.41) is 0. The van der Waals surface area contributed by atoms with Crippen LogP contribution in [0.2, 0.25) is 0 Å². The molecule has 0 saturated carbocycles. The van der Waals surface area contributed by atoms with Gasteiger partial charge in [-0.1, -0.05) is 136 Å². The molecule has 0 radical (unpaired) electrons. The average molecular weight is 550 g/mol. The van der Waals surface area contributed by atoms with Crippen LogP contribution in [-0.4, -0.2) is 48.7 Å². The molecule has 0 amide bonds. The molecule has 0 unspecified atom stereocenters. The van der Waals surface area contributed by atoms with Crippen molar-refractivity contribution in [3.05, 3.63) is 0 Å². The van der Waals surface area contributed by atoms with Crippen molar-refractivity contribution in [3.8, 4) is 0 Å². The Kier molecular flexibility index (Phi) is 30.4. The van der Waals surface area contributed by atoms with Crippen molar-refractivity contribution in [1.82, 2.24) is 0 Å². The topological polar surface area (TPSA) is 80.3 Å². The van der Waals surface area contributed by atoms with E-state index in [2.05, 4.69) is 27.8 Å². The van der Waals surface area contributed by atoms with Gasteiger partial charge in [0.2, 0.25) is 0 Å². The highest BCUT2D eigenvalue weighted by atomic mass is 32.3. The fourth-order valence-electron chi connectivity index (χ4n) is 5.22. The molecule has 0 atom stereocenters. The lowest BCUT2D eigenvalue weighted by Crippen LogP contribution is -2.46. The predicted molar refractivity (Wildman–Crippen MR) is 160 cm³/mol. The Balaban J connectivity index is -0.00000185. The van der Waals surface area contributed by atoms with Crippen LogP contribution in [0.4, 0.5) is 0 Å². The maximum atomic E-state index is 8.52. The molecule has 0 aromatic carbocycles. The number of hydrogen-bond donors (Lipinski definition) is 0. The summed E-state index contributed by atoms with van der Waals surface area (Å²) in [6.07, 6.45) is 34.8. The van der Waals surface area contributed by atoms with Gasteiger partial charge >= 0.3 is 1.43 Å². The number of quaternary nitrogens is 1. The minimum absolute atomic E-state index is 0. The molecule has 6 heteroatoms. The van der Waals surface area contributed by atoms with Gasteiger partial charge in [-0.05, 0) is 38.5 Å². The summed E-state index contributed by atoms with van der Waals surface area (Å²) in [5.74, 6) is 0. The average Bonchev–Trinajstić information content (AvgIpc) is 2.83. The third-order valence-corrected chi connectivity index (χ3v) is 7.65. The molecule has 0 aromatic heterocycles. The molecule has 0 aromatic rings. The summed E-state index contributed by atoms with van der Waals surface area (Å²) < 4.78 is 35.4. The van der Waals surface area contributed by atoms with E-state index in [0.717, 1.165) is 0 Å². The maximum absolute atomic E-state index is 8.52. The summed E-state index contributed by atoms with van der Waals surface area (Å²) in [5.41, 5.74) is 0. The highest BCUT2D eigenvalue weighted by Gasteiger charge is 2.20. The highest BCUT2D eigenvalue weighted by Crippen LogP contribution is 2.17.